The maximum atomic E-state index is 12.4. The van der Waals surface area contributed by atoms with Crippen molar-refractivity contribution < 1.29 is 4.79 Å². The fourth-order valence-corrected chi connectivity index (χ4v) is 2.41. The topological polar surface area (TPSA) is 78.1 Å². The number of nitrogens with zero attached hydrogens (tertiary/aromatic N) is 2. The van der Waals surface area contributed by atoms with Gasteiger partial charge in [-0.1, -0.05) is 60.7 Å². The van der Waals surface area contributed by atoms with Crippen LogP contribution < -0.4 is 11.0 Å². The van der Waals surface area contributed by atoms with E-state index in [-0.39, 0.29) is 17.2 Å². The summed E-state index contributed by atoms with van der Waals surface area (Å²) in [5.74, 6) is -0.372. The molecule has 0 saturated heterocycles. The van der Waals surface area contributed by atoms with Crippen LogP contribution in [0.2, 0.25) is 0 Å². The first kappa shape index (κ1) is 16.6. The summed E-state index contributed by atoms with van der Waals surface area (Å²) in [4.78, 5) is 23.5. The molecule has 1 aromatic heterocycles. The van der Waals surface area contributed by atoms with Crippen molar-refractivity contribution in [1.82, 2.24) is 20.6 Å². The number of H-pyrrole nitrogens is 1. The van der Waals surface area contributed by atoms with Crippen LogP contribution >= 0.6 is 0 Å². The van der Waals surface area contributed by atoms with E-state index < -0.39 is 0 Å². The van der Waals surface area contributed by atoms with E-state index in [0.717, 1.165) is 11.1 Å². The van der Waals surface area contributed by atoms with Gasteiger partial charge in [-0.05, 0) is 17.2 Å². The molecule has 1 amide bonds. The maximum absolute atomic E-state index is 12.4. The fraction of sp³-hybridized carbons (Fsp3) is 0.105. The van der Waals surface area contributed by atoms with Gasteiger partial charge < -0.3 is 0 Å². The van der Waals surface area contributed by atoms with E-state index in [4.69, 9.17) is 0 Å². The molecule has 0 aliphatic carbocycles. The van der Waals surface area contributed by atoms with E-state index in [1.807, 2.05) is 65.7 Å². The summed E-state index contributed by atoms with van der Waals surface area (Å²) < 4.78 is 0. The lowest BCUT2D eigenvalue weighted by Crippen LogP contribution is -2.41. The lowest BCUT2D eigenvalue weighted by Gasteiger charge is -2.23. The Balaban J connectivity index is 1.76. The molecule has 0 fully saturated rings. The Labute approximate surface area is 145 Å². The zero-order valence-corrected chi connectivity index (χ0v) is 13.6. The van der Waals surface area contributed by atoms with Crippen molar-refractivity contribution in [2.75, 3.05) is 0 Å². The van der Waals surface area contributed by atoms with Crippen LogP contribution in [0.25, 0.3) is 0 Å². The third kappa shape index (κ3) is 4.86. The van der Waals surface area contributed by atoms with Crippen molar-refractivity contribution in [2.45, 2.75) is 13.1 Å². The van der Waals surface area contributed by atoms with Gasteiger partial charge in [-0.2, -0.15) is 5.10 Å². The van der Waals surface area contributed by atoms with Gasteiger partial charge >= 0.3 is 0 Å². The molecule has 0 unspecified atom stereocenters. The summed E-state index contributed by atoms with van der Waals surface area (Å²) in [5.41, 5.74) is 4.83. The number of aromatic amines is 1. The van der Waals surface area contributed by atoms with E-state index in [1.165, 1.54) is 12.1 Å². The second-order valence-corrected chi connectivity index (χ2v) is 5.57. The predicted molar refractivity (Wildman–Crippen MR) is 94.5 cm³/mol. The molecule has 2 aromatic carbocycles. The smallest absolute Gasteiger partial charge is 0.283 e. The van der Waals surface area contributed by atoms with Gasteiger partial charge in [-0.15, -0.1) is 0 Å². The van der Waals surface area contributed by atoms with E-state index in [9.17, 15) is 9.59 Å². The normalized spacial score (nSPS) is 10.6. The minimum atomic E-state index is -0.372. The summed E-state index contributed by atoms with van der Waals surface area (Å²) in [6.45, 7) is 1.09. The van der Waals surface area contributed by atoms with Crippen molar-refractivity contribution in [3.05, 3.63) is 100.0 Å². The Kier molecular flexibility index (Phi) is 5.33. The SMILES string of the molecule is O=C(NN(Cc1ccccc1)Cc1ccccc1)c1ccc(=O)[nH]n1. The summed E-state index contributed by atoms with van der Waals surface area (Å²) in [5, 5.41) is 7.86. The zero-order chi connectivity index (χ0) is 17.5. The Morgan fingerprint density at radius 1 is 0.880 bits per heavy atom. The number of amides is 1. The highest BCUT2D eigenvalue weighted by Crippen LogP contribution is 2.08. The van der Waals surface area contributed by atoms with E-state index >= 15 is 0 Å². The lowest BCUT2D eigenvalue weighted by atomic mass is 10.2. The number of rotatable bonds is 6. The number of aromatic nitrogens is 2. The van der Waals surface area contributed by atoms with Crippen LogP contribution in [0.15, 0.2) is 77.6 Å². The molecule has 0 aliphatic rings. The average molecular weight is 334 g/mol. The number of carbonyl (C=O) groups excluding carboxylic acids is 1. The molecular weight excluding hydrogens is 316 g/mol. The second-order valence-electron chi connectivity index (χ2n) is 5.57. The average Bonchev–Trinajstić information content (AvgIpc) is 2.64. The molecule has 6 nitrogen and oxygen atoms in total. The molecular formula is C19H18N4O2. The summed E-state index contributed by atoms with van der Waals surface area (Å²) >= 11 is 0. The van der Waals surface area contributed by atoms with Crippen LogP contribution in [0, 0.1) is 0 Å². The first-order valence-electron chi connectivity index (χ1n) is 7.90. The summed E-state index contributed by atoms with van der Waals surface area (Å²) in [6, 6.07) is 22.4. The molecule has 0 atom stereocenters. The minimum Gasteiger partial charge on any atom is -0.283 e. The summed E-state index contributed by atoms with van der Waals surface area (Å²) in [6.07, 6.45) is 0. The second kappa shape index (κ2) is 8.03. The van der Waals surface area contributed by atoms with E-state index in [1.54, 1.807) is 0 Å². The number of hydrogen-bond donors (Lipinski definition) is 2. The third-order valence-corrected chi connectivity index (χ3v) is 3.60. The molecule has 3 aromatic rings. The van der Waals surface area contributed by atoms with Crippen LogP contribution in [-0.4, -0.2) is 21.1 Å². The molecule has 1 heterocycles. The largest absolute Gasteiger partial charge is 0.286 e. The molecule has 126 valence electrons. The molecule has 0 radical (unpaired) electrons. The lowest BCUT2D eigenvalue weighted by molar-refractivity contribution is 0.0752. The van der Waals surface area contributed by atoms with Gasteiger partial charge in [-0.25, -0.2) is 10.1 Å². The van der Waals surface area contributed by atoms with Crippen LogP contribution in [0.1, 0.15) is 21.6 Å². The van der Waals surface area contributed by atoms with Crippen LogP contribution in [0.3, 0.4) is 0 Å². The van der Waals surface area contributed by atoms with Crippen molar-refractivity contribution >= 4 is 5.91 Å². The molecule has 0 spiro atoms. The number of benzene rings is 2. The van der Waals surface area contributed by atoms with Gasteiger partial charge in [0.2, 0.25) is 0 Å². The third-order valence-electron chi connectivity index (χ3n) is 3.60. The van der Waals surface area contributed by atoms with Crippen molar-refractivity contribution in [2.24, 2.45) is 0 Å². The van der Waals surface area contributed by atoms with Gasteiger partial charge in [-0.3, -0.25) is 15.0 Å². The molecule has 0 aliphatic heterocycles. The van der Waals surface area contributed by atoms with Crippen LogP contribution in [0.4, 0.5) is 0 Å². The Bertz CT molecular complexity index is 817. The maximum Gasteiger partial charge on any atom is 0.286 e. The molecule has 25 heavy (non-hydrogen) atoms. The summed E-state index contributed by atoms with van der Waals surface area (Å²) in [7, 11) is 0. The first-order chi connectivity index (χ1) is 12.2. The molecule has 0 saturated carbocycles. The quantitative estimate of drug-likeness (QED) is 0.677. The van der Waals surface area contributed by atoms with E-state index in [2.05, 4.69) is 15.6 Å². The van der Waals surface area contributed by atoms with Gasteiger partial charge in [0.1, 0.15) is 5.69 Å². The molecule has 2 N–H and O–H groups in total. The van der Waals surface area contributed by atoms with Gasteiger partial charge in [0.05, 0.1) is 0 Å². The molecule has 6 heteroatoms. The highest BCUT2D eigenvalue weighted by molar-refractivity contribution is 5.91. The van der Waals surface area contributed by atoms with Gasteiger partial charge in [0, 0.05) is 19.2 Å². The predicted octanol–water partition coefficient (Wildman–Crippen LogP) is 2.12. The van der Waals surface area contributed by atoms with Crippen molar-refractivity contribution in [1.29, 1.82) is 0 Å². The van der Waals surface area contributed by atoms with E-state index in [0.29, 0.717) is 13.1 Å². The minimum absolute atomic E-state index is 0.158. The van der Waals surface area contributed by atoms with Crippen molar-refractivity contribution in [3.63, 3.8) is 0 Å². The Morgan fingerprint density at radius 2 is 1.44 bits per heavy atom. The number of nitrogens with one attached hydrogen (secondary N) is 2. The Hall–Kier alpha value is -3.25. The zero-order valence-electron chi connectivity index (χ0n) is 13.6. The monoisotopic (exact) mass is 334 g/mol. The number of hydrogen-bond acceptors (Lipinski definition) is 4. The highest BCUT2D eigenvalue weighted by atomic mass is 16.2. The van der Waals surface area contributed by atoms with Crippen molar-refractivity contribution in [3.8, 4) is 0 Å². The number of carbonyl (C=O) groups is 1. The number of hydrazine groups is 1. The first-order valence-corrected chi connectivity index (χ1v) is 7.90. The fourth-order valence-electron chi connectivity index (χ4n) is 2.41. The van der Waals surface area contributed by atoms with Crippen LogP contribution in [-0.2, 0) is 13.1 Å². The highest BCUT2D eigenvalue weighted by Gasteiger charge is 2.13. The molecule has 0 bridgehead atoms. The van der Waals surface area contributed by atoms with Gasteiger partial charge in [0.15, 0.2) is 0 Å². The van der Waals surface area contributed by atoms with Gasteiger partial charge in [0.25, 0.3) is 11.5 Å². The standard InChI is InChI=1S/C19H18N4O2/c24-18-12-11-17(20-21-18)19(25)22-23(13-15-7-3-1-4-8-15)14-16-9-5-2-6-10-16/h1-12H,13-14H2,(H,21,24)(H,22,25). The molecule has 3 rings (SSSR count). The Morgan fingerprint density at radius 3 is 1.92 bits per heavy atom. The van der Waals surface area contributed by atoms with Crippen LogP contribution in [0.5, 0.6) is 0 Å².